The van der Waals surface area contributed by atoms with E-state index < -0.39 is 0 Å². The van der Waals surface area contributed by atoms with Crippen molar-refractivity contribution < 1.29 is 9.53 Å². The molecule has 1 amide bonds. The van der Waals surface area contributed by atoms with Crippen LogP contribution in [0.3, 0.4) is 0 Å². The van der Waals surface area contributed by atoms with E-state index in [4.69, 9.17) is 4.74 Å². The number of piperazine rings is 1. The smallest absolute Gasteiger partial charge is 0.230 e. The SMILES string of the molecule is COC1=C2CCN(C(=O)Cc3ccc(N4CCCCC4)cc3)C=C2C(N2CCN(C)CC2)CC1. The van der Waals surface area contributed by atoms with Gasteiger partial charge in [-0.1, -0.05) is 12.1 Å². The lowest BCUT2D eigenvalue weighted by molar-refractivity contribution is -0.128. The average molecular weight is 465 g/mol. The number of nitrogens with zero attached hydrogens (tertiary/aromatic N) is 4. The third kappa shape index (κ3) is 5.03. The molecule has 0 saturated carbocycles. The summed E-state index contributed by atoms with van der Waals surface area (Å²) >= 11 is 0. The Balaban J connectivity index is 1.29. The zero-order chi connectivity index (χ0) is 23.5. The Labute approximate surface area is 204 Å². The molecule has 0 aromatic heterocycles. The van der Waals surface area contributed by atoms with Crippen LogP contribution in [0.25, 0.3) is 0 Å². The molecule has 0 spiro atoms. The Kier molecular flexibility index (Phi) is 7.26. The van der Waals surface area contributed by atoms with Crippen molar-refractivity contribution in [1.29, 1.82) is 0 Å². The number of rotatable bonds is 5. The molecule has 2 saturated heterocycles. The van der Waals surface area contributed by atoms with Crippen LogP contribution in [0.15, 0.2) is 47.4 Å². The van der Waals surface area contributed by atoms with Crippen LogP contribution in [-0.4, -0.2) is 86.6 Å². The van der Waals surface area contributed by atoms with Gasteiger partial charge < -0.3 is 19.4 Å². The zero-order valence-corrected chi connectivity index (χ0v) is 21.0. The predicted molar refractivity (Wildman–Crippen MR) is 137 cm³/mol. The van der Waals surface area contributed by atoms with Crippen LogP contribution < -0.4 is 4.90 Å². The molecule has 1 atom stereocenters. The highest BCUT2D eigenvalue weighted by atomic mass is 16.5. The first-order valence-electron chi connectivity index (χ1n) is 13.2. The van der Waals surface area contributed by atoms with Crippen molar-refractivity contribution in [2.75, 3.05) is 64.9 Å². The van der Waals surface area contributed by atoms with E-state index in [1.807, 2.05) is 4.90 Å². The minimum Gasteiger partial charge on any atom is -0.501 e. The first kappa shape index (κ1) is 23.4. The van der Waals surface area contributed by atoms with Gasteiger partial charge in [0.05, 0.1) is 19.3 Å². The summed E-state index contributed by atoms with van der Waals surface area (Å²) in [4.78, 5) is 22.8. The Bertz CT molecular complexity index is 924. The number of allylic oxidation sites excluding steroid dienone is 1. The summed E-state index contributed by atoms with van der Waals surface area (Å²) in [6.45, 7) is 7.43. The molecule has 1 aromatic carbocycles. The molecule has 0 N–H and O–H groups in total. The van der Waals surface area contributed by atoms with Crippen molar-refractivity contribution in [2.45, 2.75) is 51.0 Å². The predicted octanol–water partition coefficient (Wildman–Crippen LogP) is 3.65. The van der Waals surface area contributed by atoms with Crippen LogP contribution in [0.1, 0.15) is 44.1 Å². The van der Waals surface area contributed by atoms with Crippen LogP contribution in [-0.2, 0) is 16.0 Å². The molecule has 1 aliphatic carbocycles. The summed E-state index contributed by atoms with van der Waals surface area (Å²) < 4.78 is 5.77. The van der Waals surface area contributed by atoms with Crippen LogP contribution in [0, 0.1) is 0 Å². The fourth-order valence-electron chi connectivity index (χ4n) is 6.04. The summed E-state index contributed by atoms with van der Waals surface area (Å²) in [6, 6.07) is 9.06. The number of methoxy groups -OCH3 is 1. The number of hydrogen-bond donors (Lipinski definition) is 0. The molecule has 4 aliphatic rings. The van der Waals surface area contributed by atoms with Gasteiger partial charge in [0.1, 0.15) is 0 Å². The van der Waals surface area contributed by atoms with Crippen molar-refractivity contribution in [3.05, 3.63) is 52.9 Å². The second kappa shape index (κ2) is 10.5. The van der Waals surface area contributed by atoms with Crippen molar-refractivity contribution in [2.24, 2.45) is 0 Å². The van der Waals surface area contributed by atoms with Gasteiger partial charge in [0.2, 0.25) is 5.91 Å². The van der Waals surface area contributed by atoms with E-state index in [-0.39, 0.29) is 5.91 Å². The Morgan fingerprint density at radius 2 is 1.68 bits per heavy atom. The topological polar surface area (TPSA) is 39.3 Å². The number of anilines is 1. The van der Waals surface area contributed by atoms with Gasteiger partial charge >= 0.3 is 0 Å². The third-order valence-electron chi connectivity index (χ3n) is 8.14. The van der Waals surface area contributed by atoms with E-state index in [0.29, 0.717) is 12.5 Å². The number of hydrogen-bond acceptors (Lipinski definition) is 5. The molecule has 5 rings (SSSR count). The molecule has 6 nitrogen and oxygen atoms in total. The highest BCUT2D eigenvalue weighted by Gasteiger charge is 2.35. The molecule has 0 radical (unpaired) electrons. The molecule has 3 heterocycles. The fourth-order valence-corrected chi connectivity index (χ4v) is 6.04. The van der Waals surface area contributed by atoms with Crippen molar-refractivity contribution in [3.8, 4) is 0 Å². The molecular weight excluding hydrogens is 424 g/mol. The molecule has 3 aliphatic heterocycles. The van der Waals surface area contributed by atoms with Gasteiger partial charge in [-0.25, -0.2) is 0 Å². The number of carbonyl (C=O) groups excluding carboxylic acids is 1. The van der Waals surface area contributed by atoms with E-state index in [2.05, 4.69) is 52.2 Å². The van der Waals surface area contributed by atoms with E-state index in [1.165, 1.54) is 36.1 Å². The molecule has 34 heavy (non-hydrogen) atoms. The average Bonchev–Trinajstić information content (AvgIpc) is 2.89. The molecule has 2 fully saturated rings. The van der Waals surface area contributed by atoms with Crippen LogP contribution >= 0.6 is 0 Å². The van der Waals surface area contributed by atoms with Gasteiger partial charge in [-0.05, 0) is 68.0 Å². The van der Waals surface area contributed by atoms with Gasteiger partial charge in [0.25, 0.3) is 0 Å². The molecule has 184 valence electrons. The maximum Gasteiger partial charge on any atom is 0.230 e. The van der Waals surface area contributed by atoms with Gasteiger partial charge in [-0.3, -0.25) is 9.69 Å². The van der Waals surface area contributed by atoms with Gasteiger partial charge in [0.15, 0.2) is 0 Å². The summed E-state index contributed by atoms with van der Waals surface area (Å²) in [5.74, 6) is 1.32. The van der Waals surface area contributed by atoms with Gasteiger partial charge in [-0.2, -0.15) is 0 Å². The molecule has 1 aromatic rings. The first-order valence-corrected chi connectivity index (χ1v) is 13.2. The van der Waals surface area contributed by atoms with Crippen molar-refractivity contribution in [1.82, 2.24) is 14.7 Å². The lowest BCUT2D eigenvalue weighted by atomic mass is 9.83. The largest absolute Gasteiger partial charge is 0.501 e. The lowest BCUT2D eigenvalue weighted by Crippen LogP contribution is -2.51. The van der Waals surface area contributed by atoms with Crippen molar-refractivity contribution in [3.63, 3.8) is 0 Å². The molecular formula is C28H40N4O2. The number of fused-ring (bicyclic) bond motifs is 1. The Morgan fingerprint density at radius 3 is 2.38 bits per heavy atom. The number of ether oxygens (including phenoxy) is 1. The lowest BCUT2D eigenvalue weighted by Gasteiger charge is -2.43. The maximum absolute atomic E-state index is 13.3. The van der Waals surface area contributed by atoms with Gasteiger partial charge in [0, 0.05) is 70.2 Å². The number of benzene rings is 1. The molecule has 1 unspecified atom stereocenters. The number of piperidine rings is 1. The van der Waals surface area contributed by atoms with Crippen molar-refractivity contribution >= 4 is 11.6 Å². The number of likely N-dealkylation sites (N-methyl/N-ethyl adjacent to an activating group) is 1. The Morgan fingerprint density at radius 1 is 0.941 bits per heavy atom. The van der Waals surface area contributed by atoms with Gasteiger partial charge in [-0.15, -0.1) is 0 Å². The number of amides is 1. The van der Waals surface area contributed by atoms with Crippen LogP contribution in [0.5, 0.6) is 0 Å². The quantitative estimate of drug-likeness (QED) is 0.665. The normalized spacial score (nSPS) is 24.6. The first-order chi connectivity index (χ1) is 16.6. The second-order valence-corrected chi connectivity index (χ2v) is 10.3. The fraction of sp³-hybridized carbons (Fsp3) is 0.607. The third-order valence-corrected chi connectivity index (χ3v) is 8.14. The van der Waals surface area contributed by atoms with E-state index in [9.17, 15) is 4.79 Å². The number of carbonyl (C=O) groups is 1. The van der Waals surface area contributed by atoms with E-state index in [1.54, 1.807) is 7.11 Å². The second-order valence-electron chi connectivity index (χ2n) is 10.3. The minimum atomic E-state index is 0.193. The molecule has 6 heteroatoms. The van der Waals surface area contributed by atoms with E-state index in [0.717, 1.165) is 76.4 Å². The standard InChI is InChI=1S/C28H40N4O2/c1-29-16-18-31(19-17-29)26-10-11-27(34-2)24-12-15-32(21-25(24)26)28(33)20-22-6-8-23(9-7-22)30-13-4-3-5-14-30/h6-9,21,26H,3-5,10-20H2,1-2H3. The highest BCUT2D eigenvalue weighted by Crippen LogP contribution is 2.38. The summed E-state index contributed by atoms with van der Waals surface area (Å²) in [5, 5.41) is 0. The summed E-state index contributed by atoms with van der Waals surface area (Å²) in [6.07, 6.45) is 9.47. The van der Waals surface area contributed by atoms with Crippen LogP contribution in [0.4, 0.5) is 5.69 Å². The van der Waals surface area contributed by atoms with E-state index >= 15 is 0 Å². The minimum absolute atomic E-state index is 0.193. The summed E-state index contributed by atoms with van der Waals surface area (Å²) in [5.41, 5.74) is 5.04. The Hall–Kier alpha value is -2.31. The maximum atomic E-state index is 13.3. The summed E-state index contributed by atoms with van der Waals surface area (Å²) in [7, 11) is 3.99. The van der Waals surface area contributed by atoms with Crippen LogP contribution in [0.2, 0.25) is 0 Å². The zero-order valence-electron chi connectivity index (χ0n) is 21.0. The molecule has 0 bridgehead atoms. The highest BCUT2D eigenvalue weighted by molar-refractivity contribution is 5.80. The monoisotopic (exact) mass is 464 g/mol.